The van der Waals surface area contributed by atoms with Crippen LogP contribution in [-0.4, -0.2) is 12.6 Å². The Kier molecular flexibility index (Phi) is 3.23. The Morgan fingerprint density at radius 2 is 2.07 bits per heavy atom. The number of aryl methyl sites for hydroxylation is 1. The van der Waals surface area contributed by atoms with Crippen LogP contribution in [0.5, 0.6) is 0 Å². The van der Waals surface area contributed by atoms with E-state index in [1.807, 2.05) is 6.92 Å². The maximum atomic E-state index is 13.3. The van der Waals surface area contributed by atoms with Gasteiger partial charge in [-0.05, 0) is 38.0 Å². The van der Waals surface area contributed by atoms with Gasteiger partial charge in [-0.2, -0.15) is 0 Å². The van der Waals surface area contributed by atoms with Gasteiger partial charge in [0.05, 0.1) is 12.2 Å². The molecule has 2 nitrogen and oxygen atoms in total. The van der Waals surface area contributed by atoms with E-state index in [1.165, 1.54) is 6.07 Å². The molecule has 0 atom stereocenters. The van der Waals surface area contributed by atoms with Crippen molar-refractivity contribution in [2.45, 2.75) is 20.8 Å². The average molecular weight is 196 g/mol. The van der Waals surface area contributed by atoms with E-state index in [4.69, 9.17) is 4.74 Å². The fourth-order valence-electron chi connectivity index (χ4n) is 1.24. The summed E-state index contributed by atoms with van der Waals surface area (Å²) in [7, 11) is 0. The zero-order chi connectivity index (χ0) is 10.7. The van der Waals surface area contributed by atoms with Crippen LogP contribution in [0.2, 0.25) is 0 Å². The van der Waals surface area contributed by atoms with Crippen molar-refractivity contribution in [2.75, 3.05) is 6.61 Å². The molecule has 1 rings (SSSR count). The average Bonchev–Trinajstić information content (AvgIpc) is 2.13. The van der Waals surface area contributed by atoms with E-state index in [-0.39, 0.29) is 12.2 Å². The van der Waals surface area contributed by atoms with Crippen LogP contribution < -0.4 is 0 Å². The maximum absolute atomic E-state index is 13.3. The van der Waals surface area contributed by atoms with Gasteiger partial charge in [0, 0.05) is 0 Å². The Balaban J connectivity index is 3.18. The SMILES string of the molecule is CCOC(=O)c1c(F)ccc(C)c1C. The summed E-state index contributed by atoms with van der Waals surface area (Å²) in [6, 6.07) is 2.93. The molecule has 0 N–H and O–H groups in total. The topological polar surface area (TPSA) is 26.3 Å². The van der Waals surface area contributed by atoms with Gasteiger partial charge in [-0.15, -0.1) is 0 Å². The lowest BCUT2D eigenvalue weighted by Gasteiger charge is -2.08. The number of hydrogen-bond donors (Lipinski definition) is 0. The second-order valence-electron chi connectivity index (χ2n) is 3.08. The van der Waals surface area contributed by atoms with E-state index >= 15 is 0 Å². The molecular weight excluding hydrogens is 183 g/mol. The molecule has 0 heterocycles. The van der Waals surface area contributed by atoms with Crippen LogP contribution in [0.1, 0.15) is 28.4 Å². The number of carbonyl (C=O) groups excluding carboxylic acids is 1. The molecule has 3 heteroatoms. The molecule has 76 valence electrons. The third kappa shape index (κ3) is 1.92. The minimum atomic E-state index is -0.591. The molecule has 1 aromatic rings. The third-order valence-corrected chi connectivity index (χ3v) is 2.16. The first-order chi connectivity index (χ1) is 6.57. The van der Waals surface area contributed by atoms with E-state index in [2.05, 4.69) is 0 Å². The summed E-state index contributed by atoms with van der Waals surface area (Å²) in [5.41, 5.74) is 1.57. The van der Waals surface area contributed by atoms with Crippen LogP contribution in [-0.2, 0) is 4.74 Å². The second-order valence-corrected chi connectivity index (χ2v) is 3.08. The molecule has 0 bridgehead atoms. The molecule has 0 aliphatic carbocycles. The van der Waals surface area contributed by atoms with Gasteiger partial charge in [-0.1, -0.05) is 6.07 Å². The first-order valence-corrected chi connectivity index (χ1v) is 4.50. The molecule has 0 unspecified atom stereocenters. The monoisotopic (exact) mass is 196 g/mol. The molecule has 0 aliphatic heterocycles. The predicted molar refractivity (Wildman–Crippen MR) is 51.8 cm³/mol. The molecule has 0 saturated carbocycles. The Hall–Kier alpha value is -1.38. The van der Waals surface area contributed by atoms with Crippen LogP contribution in [0, 0.1) is 19.7 Å². The molecule has 0 aromatic heterocycles. The van der Waals surface area contributed by atoms with Gasteiger partial charge in [-0.25, -0.2) is 9.18 Å². The number of hydrogen-bond acceptors (Lipinski definition) is 2. The minimum Gasteiger partial charge on any atom is -0.462 e. The lowest BCUT2D eigenvalue weighted by atomic mass is 10.0. The van der Waals surface area contributed by atoms with E-state index in [1.54, 1.807) is 19.9 Å². The van der Waals surface area contributed by atoms with E-state index in [0.717, 1.165) is 5.56 Å². The van der Waals surface area contributed by atoms with Crippen LogP contribution in [0.15, 0.2) is 12.1 Å². The molecule has 0 spiro atoms. The maximum Gasteiger partial charge on any atom is 0.341 e. The summed E-state index contributed by atoms with van der Waals surface area (Å²) in [5.74, 6) is -1.11. The van der Waals surface area contributed by atoms with Gasteiger partial charge >= 0.3 is 5.97 Å². The summed E-state index contributed by atoms with van der Waals surface area (Å²) in [4.78, 5) is 11.4. The summed E-state index contributed by atoms with van der Waals surface area (Å²) < 4.78 is 18.1. The molecule has 0 aliphatic rings. The molecule has 14 heavy (non-hydrogen) atoms. The smallest absolute Gasteiger partial charge is 0.341 e. The molecule has 0 saturated heterocycles. The highest BCUT2D eigenvalue weighted by atomic mass is 19.1. The summed E-state index contributed by atoms with van der Waals surface area (Å²) in [6.45, 7) is 5.49. The number of ether oxygens (including phenoxy) is 1. The normalized spacial score (nSPS) is 10.0. The lowest BCUT2D eigenvalue weighted by Crippen LogP contribution is -2.10. The van der Waals surface area contributed by atoms with Crippen LogP contribution in [0.3, 0.4) is 0 Å². The number of rotatable bonds is 2. The largest absolute Gasteiger partial charge is 0.462 e. The van der Waals surface area contributed by atoms with Crippen molar-refractivity contribution in [1.82, 2.24) is 0 Å². The van der Waals surface area contributed by atoms with Crippen molar-refractivity contribution in [1.29, 1.82) is 0 Å². The molecule has 0 fully saturated rings. The predicted octanol–water partition coefficient (Wildman–Crippen LogP) is 2.62. The fourth-order valence-corrected chi connectivity index (χ4v) is 1.24. The molecule has 0 radical (unpaired) electrons. The minimum absolute atomic E-state index is 0.0480. The number of carbonyl (C=O) groups is 1. The van der Waals surface area contributed by atoms with E-state index < -0.39 is 11.8 Å². The van der Waals surface area contributed by atoms with Gasteiger partial charge in [0.25, 0.3) is 0 Å². The first kappa shape index (κ1) is 10.7. The zero-order valence-corrected chi connectivity index (χ0v) is 8.56. The quantitative estimate of drug-likeness (QED) is 0.679. The van der Waals surface area contributed by atoms with E-state index in [0.29, 0.717) is 5.56 Å². The lowest BCUT2D eigenvalue weighted by molar-refractivity contribution is 0.0520. The van der Waals surface area contributed by atoms with Crippen molar-refractivity contribution in [3.63, 3.8) is 0 Å². The second kappa shape index (κ2) is 4.22. The van der Waals surface area contributed by atoms with E-state index in [9.17, 15) is 9.18 Å². The van der Waals surface area contributed by atoms with Crippen molar-refractivity contribution >= 4 is 5.97 Å². The number of halogens is 1. The highest BCUT2D eigenvalue weighted by molar-refractivity contribution is 5.91. The van der Waals surface area contributed by atoms with Gasteiger partial charge < -0.3 is 4.74 Å². The van der Waals surface area contributed by atoms with Gasteiger partial charge in [0.1, 0.15) is 5.82 Å². The Morgan fingerprint density at radius 3 is 2.64 bits per heavy atom. The molecular formula is C11H13FO2. The van der Waals surface area contributed by atoms with Gasteiger partial charge in [-0.3, -0.25) is 0 Å². The van der Waals surface area contributed by atoms with Gasteiger partial charge in [0.2, 0.25) is 0 Å². The molecule has 1 aromatic carbocycles. The Morgan fingerprint density at radius 1 is 1.43 bits per heavy atom. The van der Waals surface area contributed by atoms with Crippen molar-refractivity contribution in [2.24, 2.45) is 0 Å². The van der Waals surface area contributed by atoms with Crippen molar-refractivity contribution in [3.05, 3.63) is 34.6 Å². The standard InChI is InChI=1S/C11H13FO2/c1-4-14-11(13)10-8(3)7(2)5-6-9(10)12/h5-6H,4H2,1-3H3. The Bertz CT molecular complexity index is 359. The fraction of sp³-hybridized carbons (Fsp3) is 0.364. The van der Waals surface area contributed by atoms with Crippen LogP contribution in [0.25, 0.3) is 0 Å². The van der Waals surface area contributed by atoms with Gasteiger partial charge in [0.15, 0.2) is 0 Å². The first-order valence-electron chi connectivity index (χ1n) is 4.50. The number of benzene rings is 1. The highest BCUT2D eigenvalue weighted by Gasteiger charge is 2.16. The van der Waals surface area contributed by atoms with Crippen LogP contribution in [0.4, 0.5) is 4.39 Å². The number of esters is 1. The summed E-state index contributed by atoms with van der Waals surface area (Å²) in [5, 5.41) is 0. The Labute approximate surface area is 82.7 Å². The van der Waals surface area contributed by atoms with Crippen molar-refractivity contribution in [3.8, 4) is 0 Å². The molecule has 0 amide bonds. The zero-order valence-electron chi connectivity index (χ0n) is 8.56. The highest BCUT2D eigenvalue weighted by Crippen LogP contribution is 2.17. The van der Waals surface area contributed by atoms with Crippen LogP contribution >= 0.6 is 0 Å². The third-order valence-electron chi connectivity index (χ3n) is 2.16. The summed E-state index contributed by atoms with van der Waals surface area (Å²) >= 11 is 0. The summed E-state index contributed by atoms with van der Waals surface area (Å²) in [6.07, 6.45) is 0. The van der Waals surface area contributed by atoms with Crippen molar-refractivity contribution < 1.29 is 13.9 Å².